The van der Waals surface area contributed by atoms with Crippen molar-refractivity contribution >= 4 is 57.3 Å². The summed E-state index contributed by atoms with van der Waals surface area (Å²) in [6.07, 6.45) is 4.50. The van der Waals surface area contributed by atoms with E-state index in [-0.39, 0.29) is 22.8 Å². The number of aromatic nitrogens is 2. The van der Waals surface area contributed by atoms with Gasteiger partial charge < -0.3 is 29.5 Å². The summed E-state index contributed by atoms with van der Waals surface area (Å²) >= 11 is 1.11. The highest BCUT2D eigenvalue weighted by Gasteiger charge is 2.36. The number of ether oxygens (including phenoxy) is 2. The van der Waals surface area contributed by atoms with Crippen molar-refractivity contribution in [2.75, 3.05) is 62.9 Å². The molecule has 12 nitrogen and oxygen atoms in total. The maximum absolute atomic E-state index is 13.7. The zero-order valence-electron chi connectivity index (χ0n) is 24.7. The average Bonchev–Trinajstić information content (AvgIpc) is 3.49. The molecule has 3 heterocycles. The summed E-state index contributed by atoms with van der Waals surface area (Å²) in [5.74, 6) is 1.11. The molecule has 2 aliphatic rings. The minimum atomic E-state index is -0.655. The molecule has 2 aliphatic heterocycles. The normalized spacial score (nSPS) is 17.9. The maximum atomic E-state index is 13.7. The number of rotatable bonds is 9. The number of piperazine rings is 1. The summed E-state index contributed by atoms with van der Waals surface area (Å²) in [6.45, 7) is 7.61. The van der Waals surface area contributed by atoms with Crippen LogP contribution in [0.25, 0.3) is 10.9 Å². The highest BCUT2D eigenvalue weighted by atomic mass is 32.2. The van der Waals surface area contributed by atoms with E-state index in [1.807, 2.05) is 11.8 Å². The zero-order valence-corrected chi connectivity index (χ0v) is 25.5. The average molecular weight is 599 g/mol. The van der Waals surface area contributed by atoms with E-state index in [9.17, 15) is 19.2 Å². The summed E-state index contributed by atoms with van der Waals surface area (Å²) in [6, 6.07) is 2.80. The Morgan fingerprint density at radius 3 is 2.40 bits per heavy atom. The molecule has 0 saturated carbocycles. The lowest BCUT2D eigenvalue weighted by atomic mass is 10.1. The molecule has 4 rings (SSSR count). The number of hydrogen-bond donors (Lipinski definition) is 1. The highest BCUT2D eigenvalue weighted by Crippen LogP contribution is 2.35. The summed E-state index contributed by atoms with van der Waals surface area (Å²) in [7, 11) is 3.07. The molecule has 1 aromatic heterocycles. The van der Waals surface area contributed by atoms with E-state index >= 15 is 0 Å². The van der Waals surface area contributed by atoms with Gasteiger partial charge in [-0.15, -0.1) is 0 Å². The second-order valence-electron chi connectivity index (χ2n) is 10.3. The molecule has 2 atom stereocenters. The molecule has 2 aromatic rings. The van der Waals surface area contributed by atoms with Gasteiger partial charge in [0.05, 0.1) is 19.7 Å². The Morgan fingerprint density at radius 2 is 1.76 bits per heavy atom. The van der Waals surface area contributed by atoms with Gasteiger partial charge in [0.2, 0.25) is 23.7 Å². The fraction of sp³-hybridized carbons (Fsp3) is 0.517. The number of nitrogens with one attached hydrogen (secondary N) is 1. The second kappa shape index (κ2) is 13.9. The van der Waals surface area contributed by atoms with Crippen LogP contribution in [0.3, 0.4) is 0 Å². The van der Waals surface area contributed by atoms with Crippen molar-refractivity contribution in [3.05, 3.63) is 24.3 Å². The molecule has 1 N–H and O–H groups in total. The quantitative estimate of drug-likeness (QED) is 0.430. The summed E-state index contributed by atoms with van der Waals surface area (Å²) in [4.78, 5) is 65.4. The topological polar surface area (TPSA) is 134 Å². The number of allylic oxidation sites excluding steroid dienone is 1. The number of hydrogen-bond acceptors (Lipinski definition) is 10. The van der Waals surface area contributed by atoms with Gasteiger partial charge in [-0.05, 0) is 31.9 Å². The van der Waals surface area contributed by atoms with Crippen molar-refractivity contribution in [3.8, 4) is 11.5 Å². The third-order valence-electron chi connectivity index (χ3n) is 7.41. The first-order valence-corrected chi connectivity index (χ1v) is 15.0. The number of methoxy groups -OCH3 is 2. The molecular formula is C29H38N6O6S. The van der Waals surface area contributed by atoms with Crippen molar-refractivity contribution in [1.82, 2.24) is 19.8 Å². The van der Waals surface area contributed by atoms with Crippen molar-refractivity contribution < 1.29 is 28.7 Å². The maximum Gasteiger partial charge on any atom is 0.248 e. The first-order valence-electron chi connectivity index (χ1n) is 14.0. The number of benzene rings is 1. The molecule has 42 heavy (non-hydrogen) atoms. The number of likely N-dealkylation sites (tertiary alicyclic amines) is 1. The van der Waals surface area contributed by atoms with Gasteiger partial charge in [-0.1, -0.05) is 24.8 Å². The van der Waals surface area contributed by atoms with Gasteiger partial charge in [0.15, 0.2) is 16.6 Å². The van der Waals surface area contributed by atoms with E-state index in [2.05, 4.69) is 5.32 Å². The van der Waals surface area contributed by atoms with Crippen LogP contribution in [0.15, 0.2) is 24.3 Å². The van der Waals surface area contributed by atoms with Crippen LogP contribution in [0.5, 0.6) is 11.5 Å². The van der Waals surface area contributed by atoms with Crippen molar-refractivity contribution in [2.45, 2.75) is 39.7 Å². The lowest BCUT2D eigenvalue weighted by molar-refractivity contribution is -0.139. The largest absolute Gasteiger partial charge is 0.493 e. The summed E-state index contributed by atoms with van der Waals surface area (Å²) in [5, 5.41) is 3.49. The number of thioether (sulfide) groups is 1. The molecule has 0 spiro atoms. The van der Waals surface area contributed by atoms with E-state index in [0.717, 1.165) is 11.8 Å². The predicted octanol–water partition coefficient (Wildman–Crippen LogP) is 2.72. The van der Waals surface area contributed by atoms with Crippen LogP contribution in [0.2, 0.25) is 0 Å². The van der Waals surface area contributed by atoms with Crippen molar-refractivity contribution in [3.63, 3.8) is 0 Å². The Labute approximate surface area is 249 Å². The lowest BCUT2D eigenvalue weighted by Crippen LogP contribution is -2.49. The fourth-order valence-corrected chi connectivity index (χ4v) is 5.78. The van der Waals surface area contributed by atoms with E-state index in [1.165, 1.54) is 21.1 Å². The Hall–Kier alpha value is -3.87. The minimum Gasteiger partial charge on any atom is -0.493 e. The van der Waals surface area contributed by atoms with Crippen molar-refractivity contribution in [2.24, 2.45) is 5.92 Å². The van der Waals surface area contributed by atoms with E-state index in [0.29, 0.717) is 85.5 Å². The Kier molecular flexibility index (Phi) is 10.3. The SMILES string of the molecule is CC=CC(=O)N1CCN(c2nc(NC(=O)C3CCCN3C(=O)C(C)CSC(C)=O)c3cc(OC)c(OC)cc3n2)CC1. The molecule has 226 valence electrons. The Bertz CT molecular complexity index is 1380. The molecule has 2 saturated heterocycles. The number of carbonyl (C=O) groups excluding carboxylic acids is 4. The molecule has 0 bridgehead atoms. The monoisotopic (exact) mass is 598 g/mol. The third-order valence-corrected chi connectivity index (χ3v) is 8.48. The lowest BCUT2D eigenvalue weighted by Gasteiger charge is -2.34. The van der Waals surface area contributed by atoms with Gasteiger partial charge in [0.1, 0.15) is 11.9 Å². The van der Waals surface area contributed by atoms with Gasteiger partial charge in [0, 0.05) is 62.8 Å². The number of nitrogens with zero attached hydrogens (tertiary/aromatic N) is 5. The first-order chi connectivity index (χ1) is 20.2. The van der Waals surface area contributed by atoms with Gasteiger partial charge in [-0.25, -0.2) is 4.98 Å². The number of anilines is 2. The number of carbonyl (C=O) groups is 4. The number of amides is 3. The molecule has 1 aromatic carbocycles. The van der Waals surface area contributed by atoms with Crippen LogP contribution in [0.1, 0.15) is 33.6 Å². The molecule has 0 radical (unpaired) electrons. The van der Waals surface area contributed by atoms with Gasteiger partial charge in [-0.2, -0.15) is 4.98 Å². The molecule has 0 aliphatic carbocycles. The molecule has 2 fully saturated rings. The third kappa shape index (κ3) is 6.94. The fourth-order valence-electron chi connectivity index (χ4n) is 5.15. The smallest absolute Gasteiger partial charge is 0.248 e. The standard InChI is InChI=1S/C29H38N6O6S/c1-6-8-25(37)33-11-13-34(14-12-33)29-30-21-16-24(41-5)23(40-4)15-20(21)26(32-29)31-27(38)22-9-7-10-35(22)28(39)18(2)17-42-19(3)36/h6,8,15-16,18,22H,7,9-14,17H2,1-5H3,(H,30,31,32,38). The molecule has 2 unspecified atom stereocenters. The predicted molar refractivity (Wildman–Crippen MR) is 162 cm³/mol. The summed E-state index contributed by atoms with van der Waals surface area (Å²) in [5.41, 5.74) is 0.551. The Balaban J connectivity index is 1.62. The summed E-state index contributed by atoms with van der Waals surface area (Å²) < 4.78 is 11.0. The van der Waals surface area contributed by atoms with Crippen LogP contribution in [0.4, 0.5) is 11.8 Å². The van der Waals surface area contributed by atoms with Crippen LogP contribution in [-0.2, 0) is 19.2 Å². The second-order valence-corrected chi connectivity index (χ2v) is 11.5. The van der Waals surface area contributed by atoms with Crippen LogP contribution >= 0.6 is 11.8 Å². The number of fused-ring (bicyclic) bond motifs is 1. The van der Waals surface area contributed by atoms with Crippen LogP contribution < -0.4 is 19.7 Å². The van der Waals surface area contributed by atoms with E-state index in [1.54, 1.807) is 41.0 Å². The Morgan fingerprint density at radius 1 is 1.07 bits per heavy atom. The van der Waals surface area contributed by atoms with Crippen LogP contribution in [0, 0.1) is 5.92 Å². The first kappa shape index (κ1) is 31.1. The van der Waals surface area contributed by atoms with Gasteiger partial charge in [-0.3, -0.25) is 19.2 Å². The minimum absolute atomic E-state index is 0.0359. The van der Waals surface area contributed by atoms with Crippen LogP contribution in [-0.4, -0.2) is 101 Å². The van der Waals surface area contributed by atoms with E-state index < -0.39 is 12.0 Å². The van der Waals surface area contributed by atoms with Crippen molar-refractivity contribution in [1.29, 1.82) is 0 Å². The zero-order chi connectivity index (χ0) is 30.4. The highest BCUT2D eigenvalue weighted by molar-refractivity contribution is 8.13. The molecule has 13 heteroatoms. The van der Waals surface area contributed by atoms with Gasteiger partial charge >= 0.3 is 0 Å². The molecule has 3 amide bonds. The molecular weight excluding hydrogens is 560 g/mol. The van der Waals surface area contributed by atoms with E-state index in [4.69, 9.17) is 19.4 Å². The van der Waals surface area contributed by atoms with Gasteiger partial charge in [0.25, 0.3) is 0 Å².